The fourth-order valence-corrected chi connectivity index (χ4v) is 0.964. The van der Waals surface area contributed by atoms with E-state index in [4.69, 9.17) is 17.5 Å². The molecule has 0 aromatic rings. The van der Waals surface area contributed by atoms with Crippen molar-refractivity contribution in [3.8, 4) is 0 Å². The molecule has 2 N–H and O–H groups in total. The standard InChI is InChI=1S/C3H4Br2O.H2O4S/c4-1-3(6)2-5;1-5(2,3)4/h1-2H2;(H2,1,2,3,4). The Labute approximate surface area is 81.0 Å². The molecular formula is C3H6Br2O5S. The Balaban J connectivity index is 0. The van der Waals surface area contributed by atoms with E-state index >= 15 is 0 Å². The van der Waals surface area contributed by atoms with Gasteiger partial charge < -0.3 is 0 Å². The van der Waals surface area contributed by atoms with Crippen LogP contribution in [-0.2, 0) is 15.2 Å². The lowest BCUT2D eigenvalue weighted by atomic mass is 10.5. The van der Waals surface area contributed by atoms with Crippen molar-refractivity contribution in [2.75, 3.05) is 10.7 Å². The largest absolute Gasteiger partial charge is 0.394 e. The molecule has 0 aliphatic carbocycles. The first-order valence-electron chi connectivity index (χ1n) is 2.14. The fraction of sp³-hybridized carbons (Fsp3) is 0.667. The van der Waals surface area contributed by atoms with Crippen molar-refractivity contribution in [1.29, 1.82) is 0 Å². The Morgan fingerprint density at radius 3 is 1.36 bits per heavy atom. The van der Waals surface area contributed by atoms with Gasteiger partial charge in [0.15, 0.2) is 5.78 Å². The fourth-order valence-electron chi connectivity index (χ4n) is 0.0357. The minimum atomic E-state index is -4.67. The summed E-state index contributed by atoms with van der Waals surface area (Å²) < 4.78 is 31.6. The van der Waals surface area contributed by atoms with Crippen LogP contribution in [0.25, 0.3) is 0 Å². The summed E-state index contributed by atoms with van der Waals surface area (Å²) in [4.78, 5) is 10.1. The van der Waals surface area contributed by atoms with Crippen LogP contribution >= 0.6 is 31.9 Å². The van der Waals surface area contributed by atoms with Crippen LogP contribution < -0.4 is 0 Å². The van der Waals surface area contributed by atoms with Gasteiger partial charge in [-0.05, 0) is 0 Å². The summed E-state index contributed by atoms with van der Waals surface area (Å²) in [5.74, 6) is 0.176. The number of alkyl halides is 2. The van der Waals surface area contributed by atoms with Gasteiger partial charge in [0.25, 0.3) is 0 Å². The maximum Gasteiger partial charge on any atom is 0.394 e. The first kappa shape index (κ1) is 14.0. The summed E-state index contributed by atoms with van der Waals surface area (Å²) in [7, 11) is -4.67. The van der Waals surface area contributed by atoms with E-state index in [0.717, 1.165) is 0 Å². The lowest BCUT2D eigenvalue weighted by molar-refractivity contribution is -0.114. The van der Waals surface area contributed by atoms with Crippen LogP contribution in [0.5, 0.6) is 0 Å². The predicted molar refractivity (Wildman–Crippen MR) is 46.8 cm³/mol. The minimum Gasteiger partial charge on any atom is -0.298 e. The quantitative estimate of drug-likeness (QED) is 0.578. The van der Waals surface area contributed by atoms with Gasteiger partial charge in [-0.15, -0.1) is 0 Å². The highest BCUT2D eigenvalue weighted by Gasteiger charge is 1.90. The monoisotopic (exact) mass is 312 g/mol. The van der Waals surface area contributed by atoms with Gasteiger partial charge in [0.2, 0.25) is 0 Å². The zero-order valence-electron chi connectivity index (χ0n) is 5.20. The van der Waals surface area contributed by atoms with Crippen LogP contribution in [-0.4, -0.2) is 34.0 Å². The minimum absolute atomic E-state index is 0.176. The summed E-state index contributed by atoms with van der Waals surface area (Å²) >= 11 is 5.99. The molecule has 0 unspecified atom stereocenters. The lowest BCUT2D eigenvalue weighted by Gasteiger charge is -1.78. The van der Waals surface area contributed by atoms with E-state index < -0.39 is 10.4 Å². The maximum atomic E-state index is 10.1. The van der Waals surface area contributed by atoms with Crippen LogP contribution in [0.3, 0.4) is 0 Å². The molecule has 0 bridgehead atoms. The van der Waals surface area contributed by atoms with Gasteiger partial charge in [-0.2, -0.15) is 8.42 Å². The van der Waals surface area contributed by atoms with E-state index in [1.54, 1.807) is 0 Å². The third-order valence-corrected chi connectivity index (χ3v) is 1.55. The molecule has 0 heterocycles. The first-order valence-corrected chi connectivity index (χ1v) is 5.78. The summed E-state index contributed by atoms with van der Waals surface area (Å²) in [5.41, 5.74) is 0. The molecule has 0 aromatic heterocycles. The SMILES string of the molecule is O=C(CBr)CBr.O=S(=O)(O)O. The van der Waals surface area contributed by atoms with Crippen molar-refractivity contribution in [2.45, 2.75) is 0 Å². The van der Waals surface area contributed by atoms with Crippen LogP contribution in [0.4, 0.5) is 0 Å². The maximum absolute atomic E-state index is 10.1. The second-order valence-electron chi connectivity index (χ2n) is 1.25. The predicted octanol–water partition coefficient (Wildman–Crippen LogP) is 0.693. The topological polar surface area (TPSA) is 91.7 Å². The molecule has 0 aliphatic rings. The van der Waals surface area contributed by atoms with E-state index in [-0.39, 0.29) is 5.78 Å². The molecule has 0 aliphatic heterocycles. The van der Waals surface area contributed by atoms with E-state index in [1.165, 1.54) is 0 Å². The van der Waals surface area contributed by atoms with Gasteiger partial charge in [0, 0.05) is 0 Å². The average molecular weight is 314 g/mol. The highest BCUT2D eigenvalue weighted by atomic mass is 79.9. The number of Topliss-reactive ketones (excluding diaryl/α,β-unsaturated/α-hetero) is 1. The second kappa shape index (κ2) is 7.17. The van der Waals surface area contributed by atoms with Crippen LogP contribution in [0.2, 0.25) is 0 Å². The Morgan fingerprint density at radius 2 is 1.36 bits per heavy atom. The smallest absolute Gasteiger partial charge is 0.298 e. The molecule has 68 valence electrons. The molecule has 0 amide bonds. The molecule has 11 heavy (non-hydrogen) atoms. The van der Waals surface area contributed by atoms with Crippen molar-refractivity contribution in [1.82, 2.24) is 0 Å². The molecule has 0 saturated carbocycles. The number of carbonyl (C=O) groups excluding carboxylic acids is 1. The first-order chi connectivity index (χ1) is 4.81. The molecule has 5 nitrogen and oxygen atoms in total. The van der Waals surface area contributed by atoms with Gasteiger partial charge in [-0.1, -0.05) is 31.9 Å². The zero-order chi connectivity index (χ0) is 9.49. The third-order valence-electron chi connectivity index (χ3n) is 0.298. The van der Waals surface area contributed by atoms with Crippen molar-refractivity contribution < 1.29 is 22.3 Å². The third kappa shape index (κ3) is 37.5. The van der Waals surface area contributed by atoms with E-state index in [0.29, 0.717) is 10.7 Å². The number of rotatable bonds is 2. The molecule has 8 heteroatoms. The summed E-state index contributed by atoms with van der Waals surface area (Å²) in [6, 6.07) is 0. The Kier molecular flexibility index (Phi) is 9.15. The van der Waals surface area contributed by atoms with Gasteiger partial charge in [-0.25, -0.2) is 0 Å². The number of carbonyl (C=O) groups is 1. The summed E-state index contributed by atoms with van der Waals surface area (Å²) in [5, 5.41) is 0.913. The molecule has 0 saturated heterocycles. The number of hydrogen-bond donors (Lipinski definition) is 2. The van der Waals surface area contributed by atoms with Crippen molar-refractivity contribution in [3.63, 3.8) is 0 Å². The van der Waals surface area contributed by atoms with E-state index in [9.17, 15) is 4.79 Å². The van der Waals surface area contributed by atoms with Gasteiger partial charge >= 0.3 is 10.4 Å². The molecule has 0 radical (unpaired) electrons. The summed E-state index contributed by atoms with van der Waals surface area (Å²) in [6.45, 7) is 0. The number of hydrogen-bond acceptors (Lipinski definition) is 3. The molecular weight excluding hydrogens is 308 g/mol. The molecule has 0 spiro atoms. The van der Waals surface area contributed by atoms with Crippen LogP contribution in [0, 0.1) is 0 Å². The van der Waals surface area contributed by atoms with Crippen molar-refractivity contribution >= 4 is 48.0 Å². The zero-order valence-corrected chi connectivity index (χ0v) is 9.19. The summed E-state index contributed by atoms with van der Waals surface area (Å²) in [6.07, 6.45) is 0. The highest BCUT2D eigenvalue weighted by molar-refractivity contribution is 9.10. The van der Waals surface area contributed by atoms with Gasteiger partial charge in [0.05, 0.1) is 10.7 Å². The Hall–Kier alpha value is 0.500. The molecule has 0 aromatic carbocycles. The van der Waals surface area contributed by atoms with Crippen molar-refractivity contribution in [3.05, 3.63) is 0 Å². The van der Waals surface area contributed by atoms with E-state index in [1.807, 2.05) is 0 Å². The van der Waals surface area contributed by atoms with Gasteiger partial charge in [0.1, 0.15) is 0 Å². The van der Waals surface area contributed by atoms with E-state index in [2.05, 4.69) is 31.9 Å². The second-order valence-corrected chi connectivity index (χ2v) is 3.27. The molecule has 0 rings (SSSR count). The van der Waals surface area contributed by atoms with Crippen molar-refractivity contribution in [2.24, 2.45) is 0 Å². The Morgan fingerprint density at radius 1 is 1.18 bits per heavy atom. The molecule has 0 atom stereocenters. The average Bonchev–Trinajstić information content (AvgIpc) is 1.83. The van der Waals surface area contributed by atoms with Crippen LogP contribution in [0.15, 0.2) is 0 Å². The number of halogens is 2. The van der Waals surface area contributed by atoms with Crippen LogP contribution in [0.1, 0.15) is 0 Å². The number of ketones is 1. The van der Waals surface area contributed by atoms with Gasteiger partial charge in [-0.3, -0.25) is 13.9 Å². The molecule has 0 fully saturated rings. The highest BCUT2D eigenvalue weighted by Crippen LogP contribution is 1.86. The normalized spacial score (nSPS) is 9.82. The lowest BCUT2D eigenvalue weighted by Crippen LogP contribution is -1.97. The Bertz CT molecular complexity index is 184.